The van der Waals surface area contributed by atoms with Crippen molar-refractivity contribution < 1.29 is 80.2 Å². The average molecular weight is 1370 g/mol. The Kier molecular flexibility index (Phi) is 62.2. The van der Waals surface area contributed by atoms with Crippen LogP contribution in [0.2, 0.25) is 0 Å². The van der Waals surface area contributed by atoms with Gasteiger partial charge in [-0.05, 0) is 49.4 Å². The third-order valence-corrected chi connectivity index (χ3v) is 19.3. The van der Waals surface area contributed by atoms with Crippen LogP contribution in [0.15, 0.2) is 0 Å². The highest BCUT2D eigenvalue weighted by Crippen LogP contribution is 2.45. The van der Waals surface area contributed by atoms with E-state index in [0.29, 0.717) is 37.5 Å². The first-order chi connectivity index (χ1) is 44.6. The van der Waals surface area contributed by atoms with Crippen molar-refractivity contribution in [1.82, 2.24) is 0 Å². The molecule has 19 heteroatoms. The molecule has 0 aliphatic heterocycles. The van der Waals surface area contributed by atoms with Gasteiger partial charge in [0.25, 0.3) is 0 Å². The number of phosphoric acid groups is 2. The monoisotopic (exact) mass is 1370 g/mol. The molecule has 3 N–H and O–H groups in total. The van der Waals surface area contributed by atoms with Crippen molar-refractivity contribution >= 4 is 39.5 Å². The summed E-state index contributed by atoms with van der Waals surface area (Å²) in [7, 11) is -9.91. The van der Waals surface area contributed by atoms with Crippen molar-refractivity contribution in [3.63, 3.8) is 0 Å². The number of hydrogen-bond donors (Lipinski definition) is 3. The molecule has 0 spiro atoms. The van der Waals surface area contributed by atoms with Gasteiger partial charge >= 0.3 is 39.5 Å². The highest BCUT2D eigenvalue weighted by atomic mass is 31.2. The summed E-state index contributed by atoms with van der Waals surface area (Å²) in [5, 5.41) is 10.6. The Morgan fingerprint density at radius 2 is 0.516 bits per heavy atom. The topological polar surface area (TPSA) is 237 Å². The maximum atomic E-state index is 13.0. The van der Waals surface area contributed by atoms with Crippen LogP contribution in [-0.2, 0) is 65.4 Å². The number of esters is 4. The van der Waals surface area contributed by atoms with Crippen molar-refractivity contribution in [2.24, 2.45) is 23.7 Å². The van der Waals surface area contributed by atoms with E-state index in [4.69, 9.17) is 37.0 Å². The number of aliphatic hydroxyl groups is 1. The van der Waals surface area contributed by atoms with Crippen LogP contribution >= 0.6 is 15.6 Å². The van der Waals surface area contributed by atoms with Gasteiger partial charge in [-0.25, -0.2) is 9.13 Å². The number of hydrogen-bond acceptors (Lipinski definition) is 15. The second kappa shape index (κ2) is 63.5. The summed E-state index contributed by atoms with van der Waals surface area (Å²) in [5.74, 6) is 0.884. The second-order valence-electron chi connectivity index (χ2n) is 28.4. The van der Waals surface area contributed by atoms with Crippen molar-refractivity contribution in [2.75, 3.05) is 39.6 Å². The number of aliphatic hydroxyl groups excluding tert-OH is 1. The largest absolute Gasteiger partial charge is 0.472 e. The molecule has 17 nitrogen and oxygen atoms in total. The molecule has 0 saturated heterocycles. The molecule has 0 aromatic carbocycles. The molecule has 6 atom stereocenters. The molecule has 3 unspecified atom stereocenters. The lowest BCUT2D eigenvalue weighted by molar-refractivity contribution is -0.161. The SMILES string of the molecule is CCC(C)CCCCCCCCCCCCCCCCC(=O)O[C@H](COC(=O)CCCCCCCCC(C)C)COP(=O)(O)OC[C@H](O)COP(=O)(O)OC[C@@H](COC(=O)CCCCCCCCCCCCCCCC(C)C)OC(=O)CCCCCCCCCC(C)C. The number of ether oxygens (including phenoxy) is 4. The summed E-state index contributed by atoms with van der Waals surface area (Å²) < 4.78 is 68.4. The zero-order valence-electron chi connectivity index (χ0n) is 60.9. The van der Waals surface area contributed by atoms with Crippen LogP contribution in [0, 0.1) is 23.7 Å². The van der Waals surface area contributed by atoms with E-state index >= 15 is 0 Å². The number of carbonyl (C=O) groups excluding carboxylic acids is 4. The average Bonchev–Trinajstić information content (AvgIpc) is 2.66. The minimum absolute atomic E-state index is 0.103. The van der Waals surface area contributed by atoms with Gasteiger partial charge in [0.15, 0.2) is 12.2 Å². The Hall–Kier alpha value is -1.94. The van der Waals surface area contributed by atoms with Gasteiger partial charge in [-0.2, -0.15) is 0 Å². The van der Waals surface area contributed by atoms with Crippen LogP contribution in [-0.4, -0.2) is 96.7 Å². The summed E-state index contributed by atoms with van der Waals surface area (Å²) in [6.07, 6.45) is 47.4. The van der Waals surface area contributed by atoms with Gasteiger partial charge in [0.05, 0.1) is 26.4 Å². The van der Waals surface area contributed by atoms with E-state index in [1.54, 1.807) is 0 Å². The lowest BCUT2D eigenvalue weighted by Gasteiger charge is -2.21. The van der Waals surface area contributed by atoms with Gasteiger partial charge in [0.1, 0.15) is 19.3 Å². The molecule has 93 heavy (non-hydrogen) atoms. The molecule has 0 fully saturated rings. The molecule has 0 aliphatic carbocycles. The van der Waals surface area contributed by atoms with E-state index in [-0.39, 0.29) is 25.7 Å². The lowest BCUT2D eigenvalue weighted by Crippen LogP contribution is -2.30. The third-order valence-electron chi connectivity index (χ3n) is 17.4. The number of phosphoric ester groups is 2. The highest BCUT2D eigenvalue weighted by Gasteiger charge is 2.30. The smallest absolute Gasteiger partial charge is 0.462 e. The van der Waals surface area contributed by atoms with E-state index in [2.05, 4.69) is 55.4 Å². The Morgan fingerprint density at radius 3 is 0.763 bits per heavy atom. The molecular formula is C74H144O17P2. The maximum Gasteiger partial charge on any atom is 0.472 e. The predicted molar refractivity (Wildman–Crippen MR) is 377 cm³/mol. The van der Waals surface area contributed by atoms with Crippen molar-refractivity contribution in [1.29, 1.82) is 0 Å². The molecule has 0 aliphatic rings. The molecule has 0 rings (SSSR count). The molecular weight excluding hydrogens is 1220 g/mol. The quantitative estimate of drug-likeness (QED) is 0.0222. The van der Waals surface area contributed by atoms with Crippen molar-refractivity contribution in [2.45, 2.75) is 388 Å². The van der Waals surface area contributed by atoms with Gasteiger partial charge < -0.3 is 33.8 Å². The molecule has 0 aromatic rings. The minimum Gasteiger partial charge on any atom is -0.462 e. The third kappa shape index (κ3) is 67.0. The molecule has 0 bridgehead atoms. The van der Waals surface area contributed by atoms with Crippen LogP contribution in [0.25, 0.3) is 0 Å². The maximum absolute atomic E-state index is 13.0. The Balaban J connectivity index is 5.18. The summed E-state index contributed by atoms with van der Waals surface area (Å²) in [6.45, 7) is 14.1. The van der Waals surface area contributed by atoms with E-state index in [9.17, 15) is 43.2 Å². The first-order valence-electron chi connectivity index (χ1n) is 38.2. The van der Waals surface area contributed by atoms with Crippen LogP contribution < -0.4 is 0 Å². The molecule has 552 valence electrons. The number of rotatable bonds is 71. The Labute approximate surface area is 568 Å². The number of unbranched alkanes of at least 4 members (excludes halogenated alkanes) is 36. The fraction of sp³-hybridized carbons (Fsp3) is 0.946. The van der Waals surface area contributed by atoms with E-state index in [1.165, 1.54) is 167 Å². The van der Waals surface area contributed by atoms with Crippen LogP contribution in [0.3, 0.4) is 0 Å². The van der Waals surface area contributed by atoms with E-state index < -0.39 is 97.5 Å². The number of carbonyl (C=O) groups is 4. The molecule has 0 heterocycles. The van der Waals surface area contributed by atoms with Crippen LogP contribution in [0.5, 0.6) is 0 Å². The molecule has 0 amide bonds. The summed E-state index contributed by atoms with van der Waals surface area (Å²) in [5.41, 5.74) is 0. The fourth-order valence-corrected chi connectivity index (χ4v) is 12.7. The Morgan fingerprint density at radius 1 is 0.301 bits per heavy atom. The molecule has 0 saturated carbocycles. The van der Waals surface area contributed by atoms with Crippen LogP contribution in [0.4, 0.5) is 0 Å². The van der Waals surface area contributed by atoms with Gasteiger partial charge in [-0.3, -0.25) is 37.3 Å². The highest BCUT2D eigenvalue weighted by molar-refractivity contribution is 7.47. The normalized spacial score (nSPS) is 14.5. The van der Waals surface area contributed by atoms with Gasteiger partial charge in [0, 0.05) is 25.7 Å². The second-order valence-corrected chi connectivity index (χ2v) is 31.3. The van der Waals surface area contributed by atoms with E-state index in [0.717, 1.165) is 108 Å². The fourth-order valence-electron chi connectivity index (χ4n) is 11.2. The van der Waals surface area contributed by atoms with Crippen LogP contribution in [0.1, 0.15) is 370 Å². The first kappa shape index (κ1) is 91.1. The van der Waals surface area contributed by atoms with Crippen molar-refractivity contribution in [3.8, 4) is 0 Å². The minimum atomic E-state index is -4.95. The van der Waals surface area contributed by atoms with Gasteiger partial charge in [0.2, 0.25) is 0 Å². The van der Waals surface area contributed by atoms with Crippen molar-refractivity contribution in [3.05, 3.63) is 0 Å². The summed E-state index contributed by atoms with van der Waals surface area (Å²) >= 11 is 0. The Bertz CT molecular complexity index is 1840. The first-order valence-corrected chi connectivity index (χ1v) is 41.2. The van der Waals surface area contributed by atoms with Gasteiger partial charge in [-0.15, -0.1) is 0 Å². The molecule has 0 radical (unpaired) electrons. The van der Waals surface area contributed by atoms with E-state index in [1.807, 2.05) is 0 Å². The lowest BCUT2D eigenvalue weighted by atomic mass is 9.99. The zero-order chi connectivity index (χ0) is 68.9. The van der Waals surface area contributed by atoms with Gasteiger partial charge in [-0.1, -0.05) is 319 Å². The predicted octanol–water partition coefficient (Wildman–Crippen LogP) is 21.3. The summed E-state index contributed by atoms with van der Waals surface area (Å²) in [4.78, 5) is 72.6. The summed E-state index contributed by atoms with van der Waals surface area (Å²) in [6, 6.07) is 0. The standard InChI is InChI=1S/C74H144O17P2/c1-9-67(8)53-45-37-28-22-18-14-10-11-15-20-24-30-40-48-56-73(78)90-70(61-85-72(77)55-47-39-33-32-36-44-52-66(6)7)63-89-93(82,83)87-59-68(75)58-86-92(80,81)88-62-69(91-74(79)57-49-41-31-25-27-35-43-51-65(4)5)60-84-71(76)54-46-38-29-23-19-16-12-13-17-21-26-34-42-50-64(2)3/h64-70,75H,9-63H2,1-8H3,(H,80,81)(H,82,83)/t67?,68-,69-,70-/m1/s1. The molecule has 0 aromatic heterocycles. The zero-order valence-corrected chi connectivity index (χ0v) is 62.7.